The molecular weight excluding hydrogens is 297 g/mol. The molecule has 22 heavy (non-hydrogen) atoms. The zero-order valence-corrected chi connectivity index (χ0v) is 11.5. The van der Waals surface area contributed by atoms with Gasteiger partial charge < -0.3 is 20.7 Å². The summed E-state index contributed by atoms with van der Waals surface area (Å²) in [5.74, 6) is 4.24. The smallest absolute Gasteiger partial charge is 0.330 e. The summed E-state index contributed by atoms with van der Waals surface area (Å²) in [6.07, 6.45) is -5.29. The van der Waals surface area contributed by atoms with Crippen molar-refractivity contribution in [3.8, 4) is 11.8 Å². The van der Waals surface area contributed by atoms with Crippen LogP contribution in [0.4, 0.5) is 4.39 Å². The van der Waals surface area contributed by atoms with Crippen LogP contribution in [0.5, 0.6) is 0 Å². The van der Waals surface area contributed by atoms with Crippen molar-refractivity contribution in [1.82, 2.24) is 9.55 Å². The third kappa shape index (κ3) is 2.57. The van der Waals surface area contributed by atoms with Gasteiger partial charge in [-0.3, -0.25) is 14.3 Å². The van der Waals surface area contributed by atoms with E-state index in [0.29, 0.717) is 0 Å². The highest BCUT2D eigenvalue weighted by molar-refractivity contribution is 5.26. The largest absolute Gasteiger partial charge is 0.394 e. The number of alkyl halides is 1. The quantitative estimate of drug-likeness (QED) is 0.457. The summed E-state index contributed by atoms with van der Waals surface area (Å²) in [7, 11) is 0. The van der Waals surface area contributed by atoms with Crippen LogP contribution in [0, 0.1) is 18.8 Å². The number of H-pyrrole nitrogens is 1. The number of aromatic amines is 1. The van der Waals surface area contributed by atoms with Gasteiger partial charge in [-0.1, -0.05) is 11.8 Å². The number of halogens is 1. The molecule has 1 aliphatic heterocycles. The van der Waals surface area contributed by atoms with E-state index in [1.807, 2.05) is 10.9 Å². The Morgan fingerprint density at radius 3 is 2.91 bits per heavy atom. The molecule has 120 valence electrons. The van der Waals surface area contributed by atoms with E-state index in [2.05, 4.69) is 5.92 Å². The molecule has 0 amide bonds. The average molecular weight is 315 g/mol. The van der Waals surface area contributed by atoms with E-state index in [-0.39, 0.29) is 5.69 Å². The molecule has 0 bridgehead atoms. The maximum atomic E-state index is 12.4. The predicted molar refractivity (Wildman–Crippen MR) is 73.7 cm³/mol. The van der Waals surface area contributed by atoms with Gasteiger partial charge in [0.25, 0.3) is 5.56 Å². The van der Waals surface area contributed by atoms with Crippen molar-refractivity contribution < 1.29 is 22.1 Å². The number of aliphatic hydroxyl groups is 2. The summed E-state index contributed by atoms with van der Waals surface area (Å²) in [6, 6.07) is 1.06. The fourth-order valence-electron chi connectivity index (χ4n) is 2.33. The first-order valence-corrected chi connectivity index (χ1v) is 6.25. The first kappa shape index (κ1) is 13.7. The second-order valence-electron chi connectivity index (χ2n) is 4.80. The summed E-state index contributed by atoms with van der Waals surface area (Å²) >= 11 is 0. The second-order valence-corrected chi connectivity index (χ2v) is 4.80. The molecule has 4 atom stereocenters. The molecule has 1 aliphatic rings. The van der Waals surface area contributed by atoms with Crippen LogP contribution in [0.15, 0.2) is 15.7 Å². The van der Waals surface area contributed by atoms with Crippen LogP contribution >= 0.6 is 0 Å². The lowest BCUT2D eigenvalue weighted by Crippen LogP contribution is -2.55. The Morgan fingerprint density at radius 1 is 1.68 bits per heavy atom. The minimum Gasteiger partial charge on any atom is -0.394 e. The minimum absolute atomic E-state index is 0.0944. The van der Waals surface area contributed by atoms with Gasteiger partial charge in [0.15, 0.2) is 11.8 Å². The molecule has 5 N–H and O–H groups in total. The van der Waals surface area contributed by atoms with E-state index in [4.69, 9.17) is 13.2 Å². The van der Waals surface area contributed by atoms with Crippen LogP contribution in [0.1, 0.15) is 14.7 Å². The second kappa shape index (κ2) is 6.02. The molecule has 1 aromatic heterocycles. The summed E-state index contributed by atoms with van der Waals surface area (Å²) in [4.78, 5) is 25.4. The zero-order valence-electron chi connectivity index (χ0n) is 13.5. The van der Waals surface area contributed by atoms with Crippen LogP contribution in [0.3, 0.4) is 0 Å². The molecule has 2 heterocycles. The molecular formula is C13H16FN3O5. The number of aryl methyl sites for hydroxylation is 1. The fourth-order valence-corrected chi connectivity index (χ4v) is 2.33. The van der Waals surface area contributed by atoms with E-state index in [9.17, 15) is 24.2 Å². The highest BCUT2D eigenvalue weighted by Crippen LogP contribution is 2.35. The molecule has 1 aromatic rings. The van der Waals surface area contributed by atoms with E-state index in [1.54, 1.807) is 0 Å². The van der Waals surface area contributed by atoms with Gasteiger partial charge in [-0.25, -0.2) is 9.18 Å². The van der Waals surface area contributed by atoms with Crippen molar-refractivity contribution in [2.24, 2.45) is 5.73 Å². The van der Waals surface area contributed by atoms with Gasteiger partial charge in [-0.05, 0) is 6.92 Å². The molecule has 0 radical (unpaired) electrons. The Kier molecular flexibility index (Phi) is 3.74. The number of hydrogen-bond donors (Lipinski definition) is 4. The number of nitrogens with zero attached hydrogens (tertiary/aromatic N) is 1. The van der Waals surface area contributed by atoms with Crippen molar-refractivity contribution in [3.05, 3.63) is 32.6 Å². The van der Waals surface area contributed by atoms with Crippen molar-refractivity contribution in [1.29, 1.82) is 0 Å². The van der Waals surface area contributed by atoms with Gasteiger partial charge in [0.1, 0.15) is 18.9 Å². The number of nitrogens with one attached hydrogen (secondary N) is 1. The van der Waals surface area contributed by atoms with Gasteiger partial charge in [0.2, 0.25) is 0 Å². The van der Waals surface area contributed by atoms with Crippen LogP contribution < -0.4 is 17.0 Å². The Labute approximate surface area is 127 Å². The lowest BCUT2D eigenvalue weighted by molar-refractivity contribution is -0.0484. The molecule has 9 heteroatoms. The summed E-state index contributed by atoms with van der Waals surface area (Å²) in [5, 5.41) is 19.8. The first-order valence-electron chi connectivity index (χ1n) is 7.25. The summed E-state index contributed by atoms with van der Waals surface area (Å²) in [6.45, 7) is -2.72. The fraction of sp³-hybridized carbons (Fsp3) is 0.538. The highest BCUT2D eigenvalue weighted by Gasteiger charge is 2.54. The van der Waals surface area contributed by atoms with Crippen molar-refractivity contribution in [2.75, 3.05) is 13.2 Å². The number of rotatable bonds is 2. The van der Waals surface area contributed by atoms with Gasteiger partial charge >= 0.3 is 5.69 Å². The number of aliphatic hydroxyl groups excluding tert-OH is 1. The molecule has 0 aliphatic carbocycles. The van der Waals surface area contributed by atoms with E-state index < -0.39 is 48.5 Å². The van der Waals surface area contributed by atoms with Gasteiger partial charge in [-0.15, -0.1) is 0 Å². The molecule has 0 aromatic carbocycles. The number of ether oxygens (including phenoxy) is 1. The SMILES string of the molecule is [2H]C([2H])(O)[C@H]1O[C@@H](n2c(C)cc(=O)[nH]c2=O)C(N)(C#CCF)[C@H]1O. The van der Waals surface area contributed by atoms with Crippen molar-refractivity contribution in [2.45, 2.75) is 30.9 Å². The average Bonchev–Trinajstić information content (AvgIpc) is 2.69. The Bertz CT molecular complexity index is 809. The summed E-state index contributed by atoms with van der Waals surface area (Å²) in [5.41, 5.74) is 2.36. The number of hydrogen-bond acceptors (Lipinski definition) is 6. The molecule has 1 fully saturated rings. The Hall–Kier alpha value is -1.99. The van der Waals surface area contributed by atoms with E-state index in [0.717, 1.165) is 10.6 Å². The first-order chi connectivity index (χ1) is 11.0. The molecule has 1 unspecified atom stereocenters. The van der Waals surface area contributed by atoms with Crippen LogP contribution in [0.2, 0.25) is 0 Å². The Balaban J connectivity index is 2.66. The summed E-state index contributed by atoms with van der Waals surface area (Å²) < 4.78 is 33.2. The third-order valence-electron chi connectivity index (χ3n) is 3.36. The van der Waals surface area contributed by atoms with Crippen LogP contribution in [0.25, 0.3) is 0 Å². The van der Waals surface area contributed by atoms with Gasteiger partial charge in [0.05, 0.1) is 9.30 Å². The highest BCUT2D eigenvalue weighted by atomic mass is 19.1. The van der Waals surface area contributed by atoms with Gasteiger partial charge in [-0.2, -0.15) is 0 Å². The maximum absolute atomic E-state index is 12.4. The predicted octanol–water partition coefficient (Wildman–Crippen LogP) is -2.23. The lowest BCUT2D eigenvalue weighted by Gasteiger charge is -2.28. The normalized spacial score (nSPS) is 32.9. The van der Waals surface area contributed by atoms with E-state index in [1.165, 1.54) is 6.92 Å². The molecule has 8 nitrogen and oxygen atoms in total. The minimum atomic E-state index is -3.00. The molecule has 1 saturated heterocycles. The van der Waals surface area contributed by atoms with E-state index >= 15 is 0 Å². The van der Waals surface area contributed by atoms with Crippen LogP contribution in [-0.2, 0) is 4.74 Å². The monoisotopic (exact) mass is 315 g/mol. The molecule has 0 spiro atoms. The maximum Gasteiger partial charge on any atom is 0.330 e. The molecule has 0 saturated carbocycles. The van der Waals surface area contributed by atoms with Gasteiger partial charge in [0, 0.05) is 11.8 Å². The number of aromatic nitrogens is 2. The van der Waals surface area contributed by atoms with Crippen molar-refractivity contribution >= 4 is 0 Å². The number of nitrogens with two attached hydrogens (primary N) is 1. The topological polar surface area (TPSA) is 131 Å². The van der Waals surface area contributed by atoms with Crippen molar-refractivity contribution in [3.63, 3.8) is 0 Å². The third-order valence-corrected chi connectivity index (χ3v) is 3.36. The lowest BCUT2D eigenvalue weighted by atomic mass is 9.91. The zero-order chi connectivity index (χ0) is 18.3. The standard InChI is InChI=1S/C13H16FN3O5/c1-7-5-9(19)16-12(21)17(7)11-13(15,3-2-4-14)10(20)8(6-18)22-11/h5,8,10-11,18,20H,4,6,15H2,1H3,(H,16,19,21)/t8-,10+,11-,13?/m1/s1/i6D2. The Morgan fingerprint density at radius 2 is 2.36 bits per heavy atom. The molecule has 2 rings (SSSR count). The van der Waals surface area contributed by atoms with Crippen LogP contribution in [-0.4, -0.2) is 50.7 Å².